The van der Waals surface area contributed by atoms with Gasteiger partial charge in [-0.25, -0.2) is 0 Å². The van der Waals surface area contributed by atoms with Crippen LogP contribution in [0.5, 0.6) is 5.75 Å². The minimum Gasteiger partial charge on any atom is -0.484 e. The highest BCUT2D eigenvalue weighted by Crippen LogP contribution is 2.33. The van der Waals surface area contributed by atoms with Crippen molar-refractivity contribution in [1.29, 1.82) is 0 Å². The van der Waals surface area contributed by atoms with Crippen LogP contribution in [-0.4, -0.2) is 43.1 Å². The van der Waals surface area contributed by atoms with Gasteiger partial charge in [0.1, 0.15) is 5.75 Å². The maximum absolute atomic E-state index is 10.7. The number of hydrogen-bond acceptors (Lipinski definition) is 4. The van der Waals surface area contributed by atoms with Gasteiger partial charge < -0.3 is 15.8 Å². The number of hydrogen-bond donors (Lipinski definition) is 2. The molecule has 2 aliphatic heterocycles. The molecule has 0 saturated carbocycles. The van der Waals surface area contributed by atoms with Gasteiger partial charge in [-0.1, -0.05) is 12.1 Å². The molecule has 2 aliphatic rings. The van der Waals surface area contributed by atoms with E-state index in [0.717, 1.165) is 31.5 Å². The predicted octanol–water partition coefficient (Wildman–Crippen LogP) is 0.590. The second-order valence-corrected chi connectivity index (χ2v) is 6.15. The minimum absolute atomic E-state index is 0.0706. The Morgan fingerprint density at radius 2 is 2.14 bits per heavy atom. The van der Waals surface area contributed by atoms with Crippen LogP contribution in [0.15, 0.2) is 24.3 Å². The molecular formula is C16H23N3O2. The van der Waals surface area contributed by atoms with E-state index in [1.165, 1.54) is 12.1 Å². The molecule has 0 radical (unpaired) electrons. The van der Waals surface area contributed by atoms with Gasteiger partial charge in [0.2, 0.25) is 0 Å². The summed E-state index contributed by atoms with van der Waals surface area (Å²) in [6.45, 7) is 6.73. The van der Waals surface area contributed by atoms with Crippen LogP contribution in [0.25, 0.3) is 0 Å². The number of carbonyl (C=O) groups excluding carboxylic acids is 1. The molecular weight excluding hydrogens is 266 g/mol. The van der Waals surface area contributed by atoms with Crippen molar-refractivity contribution in [3.8, 4) is 5.75 Å². The molecule has 21 heavy (non-hydrogen) atoms. The SMILES string of the molecule is CC1C2CNCC2CN1Cc1ccc(OCC(N)=O)cc1. The lowest BCUT2D eigenvalue weighted by Gasteiger charge is -2.24. The maximum Gasteiger partial charge on any atom is 0.255 e. The van der Waals surface area contributed by atoms with Crippen molar-refractivity contribution in [2.24, 2.45) is 17.6 Å². The molecule has 2 fully saturated rings. The first kappa shape index (κ1) is 14.4. The summed E-state index contributed by atoms with van der Waals surface area (Å²) in [5, 5.41) is 3.49. The summed E-state index contributed by atoms with van der Waals surface area (Å²) in [5.41, 5.74) is 6.34. The number of nitrogens with two attached hydrogens (primary N) is 1. The first-order valence-electron chi connectivity index (χ1n) is 7.58. The molecule has 2 saturated heterocycles. The predicted molar refractivity (Wildman–Crippen MR) is 80.9 cm³/mol. The summed E-state index contributed by atoms with van der Waals surface area (Å²) >= 11 is 0. The molecule has 1 aromatic carbocycles. The Hall–Kier alpha value is -1.59. The van der Waals surface area contributed by atoms with Crippen LogP contribution in [-0.2, 0) is 11.3 Å². The van der Waals surface area contributed by atoms with Crippen LogP contribution in [0.2, 0.25) is 0 Å². The Morgan fingerprint density at radius 1 is 1.38 bits per heavy atom. The second-order valence-electron chi connectivity index (χ2n) is 6.15. The van der Waals surface area contributed by atoms with Crippen LogP contribution < -0.4 is 15.8 Å². The third kappa shape index (κ3) is 3.19. The molecule has 3 atom stereocenters. The van der Waals surface area contributed by atoms with Gasteiger partial charge in [-0.3, -0.25) is 9.69 Å². The van der Waals surface area contributed by atoms with Gasteiger partial charge in [-0.15, -0.1) is 0 Å². The summed E-state index contributed by atoms with van der Waals surface area (Å²) in [7, 11) is 0. The molecule has 2 heterocycles. The second kappa shape index (κ2) is 6.03. The summed E-state index contributed by atoms with van der Waals surface area (Å²) < 4.78 is 5.28. The summed E-state index contributed by atoms with van der Waals surface area (Å²) in [5.74, 6) is 1.83. The van der Waals surface area contributed by atoms with Gasteiger partial charge in [0.15, 0.2) is 6.61 Å². The van der Waals surface area contributed by atoms with E-state index in [9.17, 15) is 4.79 Å². The highest BCUT2D eigenvalue weighted by molar-refractivity contribution is 5.75. The van der Waals surface area contributed by atoms with E-state index in [-0.39, 0.29) is 6.61 Å². The number of fused-ring (bicyclic) bond motifs is 1. The molecule has 114 valence electrons. The molecule has 1 aromatic rings. The third-order valence-electron chi connectivity index (χ3n) is 4.75. The van der Waals surface area contributed by atoms with Crippen LogP contribution in [0.4, 0.5) is 0 Å². The highest BCUT2D eigenvalue weighted by atomic mass is 16.5. The highest BCUT2D eigenvalue weighted by Gasteiger charge is 2.41. The number of amides is 1. The van der Waals surface area contributed by atoms with Crippen LogP contribution in [0, 0.1) is 11.8 Å². The number of ether oxygens (including phenoxy) is 1. The van der Waals surface area contributed by atoms with Crippen LogP contribution in [0.3, 0.4) is 0 Å². The minimum atomic E-state index is -0.454. The number of carbonyl (C=O) groups is 1. The van der Waals surface area contributed by atoms with E-state index in [2.05, 4.69) is 29.3 Å². The quantitative estimate of drug-likeness (QED) is 0.832. The Balaban J connectivity index is 1.57. The fourth-order valence-corrected chi connectivity index (χ4v) is 3.54. The standard InChI is InChI=1S/C16H23N3O2/c1-11-15-7-18-6-13(15)9-19(11)8-12-2-4-14(5-3-12)21-10-16(17)20/h2-5,11,13,15,18H,6-10H2,1H3,(H2,17,20). The Kier molecular flexibility index (Phi) is 4.12. The number of rotatable bonds is 5. The topological polar surface area (TPSA) is 67.6 Å². The van der Waals surface area contributed by atoms with Crippen molar-refractivity contribution in [1.82, 2.24) is 10.2 Å². The number of nitrogens with one attached hydrogen (secondary N) is 1. The molecule has 0 spiro atoms. The average molecular weight is 289 g/mol. The monoisotopic (exact) mass is 289 g/mol. The molecule has 5 heteroatoms. The van der Waals surface area contributed by atoms with Gasteiger partial charge >= 0.3 is 0 Å². The number of nitrogens with zero attached hydrogens (tertiary/aromatic N) is 1. The van der Waals surface area contributed by atoms with Gasteiger partial charge in [-0.05, 0) is 49.5 Å². The number of benzene rings is 1. The van der Waals surface area contributed by atoms with E-state index in [1.807, 2.05) is 12.1 Å². The molecule has 1 amide bonds. The summed E-state index contributed by atoms with van der Waals surface area (Å²) in [4.78, 5) is 13.3. The average Bonchev–Trinajstić information content (AvgIpc) is 3.03. The van der Waals surface area contributed by atoms with Crippen molar-refractivity contribution in [2.75, 3.05) is 26.2 Å². The zero-order valence-electron chi connectivity index (χ0n) is 12.4. The molecule has 0 bridgehead atoms. The molecule has 5 nitrogen and oxygen atoms in total. The van der Waals surface area contributed by atoms with E-state index >= 15 is 0 Å². The van der Waals surface area contributed by atoms with Crippen molar-refractivity contribution < 1.29 is 9.53 Å². The Morgan fingerprint density at radius 3 is 2.81 bits per heavy atom. The van der Waals surface area contributed by atoms with Gasteiger partial charge in [0, 0.05) is 19.1 Å². The Labute approximate surface area is 125 Å². The molecule has 0 aliphatic carbocycles. The van der Waals surface area contributed by atoms with E-state index in [1.54, 1.807) is 0 Å². The van der Waals surface area contributed by atoms with Gasteiger partial charge in [0.05, 0.1) is 0 Å². The van der Waals surface area contributed by atoms with Crippen molar-refractivity contribution >= 4 is 5.91 Å². The van der Waals surface area contributed by atoms with Crippen LogP contribution in [0.1, 0.15) is 12.5 Å². The van der Waals surface area contributed by atoms with E-state index < -0.39 is 5.91 Å². The van der Waals surface area contributed by atoms with E-state index in [4.69, 9.17) is 10.5 Å². The van der Waals surface area contributed by atoms with Crippen LogP contribution >= 0.6 is 0 Å². The first-order valence-corrected chi connectivity index (χ1v) is 7.58. The zero-order chi connectivity index (χ0) is 14.8. The zero-order valence-corrected chi connectivity index (χ0v) is 12.4. The molecule has 0 aromatic heterocycles. The summed E-state index contributed by atoms with van der Waals surface area (Å²) in [6, 6.07) is 8.57. The van der Waals surface area contributed by atoms with Gasteiger partial charge in [-0.2, -0.15) is 0 Å². The normalized spacial score (nSPS) is 28.5. The lowest BCUT2D eigenvalue weighted by atomic mass is 9.95. The first-order chi connectivity index (χ1) is 10.1. The molecule has 3 rings (SSSR count). The largest absolute Gasteiger partial charge is 0.484 e. The fourth-order valence-electron chi connectivity index (χ4n) is 3.54. The molecule has 3 N–H and O–H groups in total. The third-order valence-corrected chi connectivity index (χ3v) is 4.75. The fraction of sp³-hybridized carbons (Fsp3) is 0.562. The lowest BCUT2D eigenvalue weighted by Crippen LogP contribution is -2.32. The Bertz CT molecular complexity index is 503. The number of primary amides is 1. The smallest absolute Gasteiger partial charge is 0.255 e. The molecule has 3 unspecified atom stereocenters. The van der Waals surface area contributed by atoms with E-state index in [0.29, 0.717) is 11.8 Å². The van der Waals surface area contributed by atoms with Crippen molar-refractivity contribution in [2.45, 2.75) is 19.5 Å². The van der Waals surface area contributed by atoms with Crippen molar-refractivity contribution in [3.63, 3.8) is 0 Å². The maximum atomic E-state index is 10.7. The van der Waals surface area contributed by atoms with Crippen molar-refractivity contribution in [3.05, 3.63) is 29.8 Å². The van der Waals surface area contributed by atoms with Gasteiger partial charge in [0.25, 0.3) is 5.91 Å². The number of likely N-dealkylation sites (tertiary alicyclic amines) is 1. The summed E-state index contributed by atoms with van der Waals surface area (Å²) in [6.07, 6.45) is 0. The lowest BCUT2D eigenvalue weighted by molar-refractivity contribution is -0.119.